The molecule has 19 heavy (non-hydrogen) atoms. The monoisotopic (exact) mass is 262 g/mol. The number of benzene rings is 1. The van der Waals surface area contributed by atoms with Crippen molar-refractivity contribution in [1.29, 1.82) is 0 Å². The maximum atomic E-state index is 12.1. The maximum absolute atomic E-state index is 12.1. The summed E-state index contributed by atoms with van der Waals surface area (Å²) in [6.07, 6.45) is -0.0172. The van der Waals surface area contributed by atoms with Gasteiger partial charge >= 0.3 is 5.97 Å². The van der Waals surface area contributed by atoms with Gasteiger partial charge in [0, 0.05) is 6.54 Å². The summed E-state index contributed by atoms with van der Waals surface area (Å²) in [7, 11) is 0. The average Bonchev–Trinajstić information content (AvgIpc) is 2.65. The van der Waals surface area contributed by atoms with Gasteiger partial charge in [0.1, 0.15) is 0 Å². The van der Waals surface area contributed by atoms with Gasteiger partial charge in [-0.3, -0.25) is 14.4 Å². The molecular formula is C13H14N2O4. The number of para-hydroxylation sites is 1. The van der Waals surface area contributed by atoms with Crippen LogP contribution in [-0.4, -0.2) is 35.5 Å². The highest BCUT2D eigenvalue weighted by Gasteiger charge is 2.39. The Balaban J connectivity index is 2.03. The first-order valence-corrected chi connectivity index (χ1v) is 5.96. The van der Waals surface area contributed by atoms with E-state index in [1.807, 2.05) is 0 Å². The Labute approximate surface area is 110 Å². The molecule has 1 saturated heterocycles. The number of hydrogen-bond acceptors (Lipinski definition) is 4. The first-order chi connectivity index (χ1) is 9.09. The van der Waals surface area contributed by atoms with E-state index in [1.54, 1.807) is 30.3 Å². The topological polar surface area (TPSA) is 86.7 Å². The van der Waals surface area contributed by atoms with Crippen LogP contribution in [0.25, 0.3) is 0 Å². The summed E-state index contributed by atoms with van der Waals surface area (Å²) in [5.41, 5.74) is 0.542. The van der Waals surface area contributed by atoms with E-state index >= 15 is 0 Å². The van der Waals surface area contributed by atoms with Crippen LogP contribution in [0.4, 0.5) is 5.69 Å². The van der Waals surface area contributed by atoms with E-state index in [2.05, 4.69) is 5.32 Å². The van der Waals surface area contributed by atoms with Crippen molar-refractivity contribution in [3.05, 3.63) is 30.3 Å². The number of nitrogens with one attached hydrogen (secondary N) is 1. The highest BCUT2D eigenvalue weighted by atomic mass is 16.4. The maximum Gasteiger partial charge on any atom is 0.304 e. The van der Waals surface area contributed by atoms with Crippen LogP contribution in [-0.2, 0) is 14.4 Å². The standard InChI is InChI=1S/C13H14N2O4/c16-11-8-10(14-7-6-12(17)18)13(19)15(11)9-4-2-1-3-5-9/h1-5,10,14H,6-8H2,(H,17,18). The number of carboxylic acid groups (broad SMARTS) is 1. The second-order valence-corrected chi connectivity index (χ2v) is 4.26. The lowest BCUT2D eigenvalue weighted by atomic mass is 10.2. The Morgan fingerprint density at radius 3 is 2.63 bits per heavy atom. The van der Waals surface area contributed by atoms with Gasteiger partial charge in [-0.2, -0.15) is 0 Å². The van der Waals surface area contributed by atoms with Crippen molar-refractivity contribution in [2.75, 3.05) is 11.4 Å². The summed E-state index contributed by atoms with van der Waals surface area (Å²) >= 11 is 0. The molecule has 2 rings (SSSR count). The molecule has 0 saturated carbocycles. The first-order valence-electron chi connectivity index (χ1n) is 5.96. The molecule has 6 heteroatoms. The number of anilines is 1. The second-order valence-electron chi connectivity index (χ2n) is 4.26. The first kappa shape index (κ1) is 13.2. The zero-order valence-corrected chi connectivity index (χ0v) is 10.2. The molecule has 1 heterocycles. The van der Waals surface area contributed by atoms with Crippen molar-refractivity contribution in [2.24, 2.45) is 0 Å². The lowest BCUT2D eigenvalue weighted by molar-refractivity contribution is -0.137. The second kappa shape index (κ2) is 5.62. The molecule has 1 aromatic rings. The van der Waals surface area contributed by atoms with Gasteiger partial charge in [-0.05, 0) is 12.1 Å². The molecule has 1 aromatic carbocycles. The summed E-state index contributed by atoms with van der Waals surface area (Å²) in [5, 5.41) is 11.3. The SMILES string of the molecule is O=C(O)CCNC1CC(=O)N(c2ccccc2)C1=O. The molecule has 0 spiro atoms. The number of amides is 2. The van der Waals surface area contributed by atoms with Crippen LogP contribution in [0.15, 0.2) is 30.3 Å². The third kappa shape index (κ3) is 2.97. The number of nitrogens with zero attached hydrogens (tertiary/aromatic N) is 1. The van der Waals surface area contributed by atoms with Gasteiger partial charge in [-0.1, -0.05) is 18.2 Å². The van der Waals surface area contributed by atoms with Crippen molar-refractivity contribution in [3.8, 4) is 0 Å². The van der Waals surface area contributed by atoms with Crippen molar-refractivity contribution in [1.82, 2.24) is 5.32 Å². The van der Waals surface area contributed by atoms with Crippen LogP contribution < -0.4 is 10.2 Å². The molecule has 1 atom stereocenters. The number of imide groups is 1. The summed E-state index contributed by atoms with van der Waals surface area (Å²) < 4.78 is 0. The Bertz CT molecular complexity index is 501. The Hall–Kier alpha value is -2.21. The zero-order valence-electron chi connectivity index (χ0n) is 10.2. The largest absolute Gasteiger partial charge is 0.481 e. The van der Waals surface area contributed by atoms with Crippen molar-refractivity contribution in [2.45, 2.75) is 18.9 Å². The van der Waals surface area contributed by atoms with Gasteiger partial charge in [-0.15, -0.1) is 0 Å². The van der Waals surface area contributed by atoms with Crippen molar-refractivity contribution >= 4 is 23.5 Å². The molecule has 100 valence electrons. The third-order valence-electron chi connectivity index (χ3n) is 2.89. The molecule has 2 amide bonds. The van der Waals surface area contributed by atoms with E-state index in [4.69, 9.17) is 5.11 Å². The molecule has 0 aromatic heterocycles. The van der Waals surface area contributed by atoms with Gasteiger partial charge in [0.2, 0.25) is 5.91 Å². The van der Waals surface area contributed by atoms with Crippen molar-refractivity contribution in [3.63, 3.8) is 0 Å². The zero-order chi connectivity index (χ0) is 13.8. The van der Waals surface area contributed by atoms with Gasteiger partial charge < -0.3 is 10.4 Å². The number of aliphatic carboxylic acids is 1. The quantitative estimate of drug-likeness (QED) is 0.749. The van der Waals surface area contributed by atoms with E-state index in [9.17, 15) is 14.4 Å². The fourth-order valence-electron chi connectivity index (χ4n) is 1.99. The number of carbonyl (C=O) groups is 3. The number of carbonyl (C=O) groups excluding carboxylic acids is 2. The molecule has 0 aliphatic carbocycles. The predicted octanol–water partition coefficient (Wildman–Crippen LogP) is 0.383. The van der Waals surface area contributed by atoms with Crippen molar-refractivity contribution < 1.29 is 19.5 Å². The number of carboxylic acids is 1. The molecule has 0 radical (unpaired) electrons. The molecular weight excluding hydrogens is 248 g/mol. The van der Waals surface area contributed by atoms with E-state index in [0.29, 0.717) is 5.69 Å². The van der Waals surface area contributed by atoms with Gasteiger partial charge in [0.05, 0.1) is 24.6 Å². The summed E-state index contributed by atoms with van der Waals surface area (Å²) in [5.74, 6) is -1.55. The summed E-state index contributed by atoms with van der Waals surface area (Å²) in [6.45, 7) is 0.168. The Morgan fingerprint density at radius 1 is 1.32 bits per heavy atom. The lowest BCUT2D eigenvalue weighted by Crippen LogP contribution is -2.39. The van der Waals surface area contributed by atoms with Crippen LogP contribution >= 0.6 is 0 Å². The molecule has 1 fully saturated rings. The van der Waals surface area contributed by atoms with Gasteiger partial charge in [0.15, 0.2) is 0 Å². The van der Waals surface area contributed by atoms with E-state index < -0.39 is 12.0 Å². The fraction of sp³-hybridized carbons (Fsp3) is 0.308. The van der Waals surface area contributed by atoms with Gasteiger partial charge in [-0.25, -0.2) is 4.90 Å². The minimum absolute atomic E-state index is 0.0628. The molecule has 1 aliphatic rings. The third-order valence-corrected chi connectivity index (χ3v) is 2.89. The molecule has 1 aliphatic heterocycles. The highest BCUT2D eigenvalue weighted by molar-refractivity contribution is 6.22. The average molecular weight is 262 g/mol. The van der Waals surface area contributed by atoms with Crippen LogP contribution in [0.3, 0.4) is 0 Å². The molecule has 2 N–H and O–H groups in total. The fourth-order valence-corrected chi connectivity index (χ4v) is 1.99. The molecule has 0 bridgehead atoms. The number of rotatable bonds is 5. The molecule has 1 unspecified atom stereocenters. The minimum atomic E-state index is -0.941. The summed E-state index contributed by atoms with van der Waals surface area (Å²) in [6, 6.07) is 8.05. The summed E-state index contributed by atoms with van der Waals surface area (Å²) in [4.78, 5) is 35.5. The van der Waals surface area contributed by atoms with E-state index in [1.165, 1.54) is 0 Å². The van der Waals surface area contributed by atoms with Crippen LogP contribution in [0.5, 0.6) is 0 Å². The van der Waals surface area contributed by atoms with E-state index in [-0.39, 0.29) is 31.2 Å². The van der Waals surface area contributed by atoms with Crippen LogP contribution in [0.2, 0.25) is 0 Å². The van der Waals surface area contributed by atoms with Gasteiger partial charge in [0.25, 0.3) is 5.91 Å². The normalized spacial score (nSPS) is 18.9. The van der Waals surface area contributed by atoms with Crippen LogP contribution in [0, 0.1) is 0 Å². The lowest BCUT2D eigenvalue weighted by Gasteiger charge is -2.15. The van der Waals surface area contributed by atoms with Crippen LogP contribution in [0.1, 0.15) is 12.8 Å². The minimum Gasteiger partial charge on any atom is -0.481 e. The highest BCUT2D eigenvalue weighted by Crippen LogP contribution is 2.22. The Morgan fingerprint density at radius 2 is 2.00 bits per heavy atom. The predicted molar refractivity (Wildman–Crippen MR) is 67.6 cm³/mol. The smallest absolute Gasteiger partial charge is 0.304 e. The molecule has 6 nitrogen and oxygen atoms in total. The van der Waals surface area contributed by atoms with E-state index in [0.717, 1.165) is 4.90 Å². The number of hydrogen-bond donors (Lipinski definition) is 2. The Kier molecular flexibility index (Phi) is 3.91.